The fourth-order valence-electron chi connectivity index (χ4n) is 2.00. The molecule has 0 spiro atoms. The lowest BCUT2D eigenvalue weighted by Gasteiger charge is -2.20. The fraction of sp³-hybridized carbons (Fsp3) is 0.692. The molecule has 0 aliphatic carbocycles. The molecule has 4 nitrogen and oxygen atoms in total. The van der Waals surface area contributed by atoms with Crippen LogP contribution in [-0.4, -0.2) is 28.7 Å². The minimum Gasteiger partial charge on any atom is -0.485 e. The molecule has 1 aromatic heterocycles. The maximum absolute atomic E-state index is 5.69. The van der Waals surface area contributed by atoms with Gasteiger partial charge in [0.1, 0.15) is 11.4 Å². The highest BCUT2D eigenvalue weighted by molar-refractivity contribution is 5.13. The highest BCUT2D eigenvalue weighted by atomic mass is 16.5. The zero-order chi connectivity index (χ0) is 12.3. The average molecular weight is 235 g/mol. The van der Waals surface area contributed by atoms with Gasteiger partial charge in [-0.25, -0.2) is 9.97 Å². The first-order chi connectivity index (χ1) is 8.03. The van der Waals surface area contributed by atoms with Crippen molar-refractivity contribution >= 4 is 0 Å². The van der Waals surface area contributed by atoms with Crippen molar-refractivity contribution in [1.29, 1.82) is 0 Å². The van der Waals surface area contributed by atoms with Gasteiger partial charge in [-0.15, -0.1) is 0 Å². The first kappa shape index (κ1) is 12.3. The van der Waals surface area contributed by atoms with Crippen molar-refractivity contribution in [3.63, 3.8) is 0 Å². The van der Waals surface area contributed by atoms with Gasteiger partial charge in [-0.3, -0.25) is 0 Å². The molecule has 0 saturated carbocycles. The Morgan fingerprint density at radius 2 is 2.06 bits per heavy atom. The van der Waals surface area contributed by atoms with Gasteiger partial charge in [-0.1, -0.05) is 0 Å². The second-order valence-electron chi connectivity index (χ2n) is 5.61. The molecule has 1 aromatic rings. The number of hydrogen-bond acceptors (Lipinski definition) is 4. The van der Waals surface area contributed by atoms with E-state index in [1.165, 1.54) is 6.42 Å². The van der Waals surface area contributed by atoms with Crippen molar-refractivity contribution < 1.29 is 4.74 Å². The molecule has 1 fully saturated rings. The van der Waals surface area contributed by atoms with Gasteiger partial charge in [0, 0.05) is 6.42 Å². The lowest BCUT2D eigenvalue weighted by atomic mass is 10.0. The van der Waals surface area contributed by atoms with Gasteiger partial charge >= 0.3 is 0 Å². The summed E-state index contributed by atoms with van der Waals surface area (Å²) in [5, 5.41) is 3.35. The summed E-state index contributed by atoms with van der Waals surface area (Å²) >= 11 is 0. The maximum atomic E-state index is 5.69. The van der Waals surface area contributed by atoms with Crippen LogP contribution >= 0.6 is 0 Å². The summed E-state index contributed by atoms with van der Waals surface area (Å²) in [5.74, 6) is 2.34. The maximum Gasteiger partial charge on any atom is 0.156 e. The molecule has 0 aromatic carbocycles. The molecule has 0 bridgehead atoms. The number of rotatable bonds is 3. The molecule has 4 heteroatoms. The van der Waals surface area contributed by atoms with E-state index in [4.69, 9.17) is 4.74 Å². The molecular weight excluding hydrogens is 214 g/mol. The van der Waals surface area contributed by atoms with Crippen molar-refractivity contribution in [2.24, 2.45) is 5.92 Å². The van der Waals surface area contributed by atoms with E-state index < -0.39 is 0 Å². The van der Waals surface area contributed by atoms with Crippen molar-refractivity contribution in [3.05, 3.63) is 18.2 Å². The summed E-state index contributed by atoms with van der Waals surface area (Å²) in [6.45, 7) is 8.26. The fourth-order valence-corrected chi connectivity index (χ4v) is 2.00. The van der Waals surface area contributed by atoms with Crippen LogP contribution < -0.4 is 10.1 Å². The lowest BCUT2D eigenvalue weighted by molar-refractivity contribution is 0.129. The number of nitrogens with zero attached hydrogens (tertiary/aromatic N) is 2. The Hall–Kier alpha value is -1.16. The SMILES string of the molecule is CC(C)(C)Oc1cnc(CC2CCNC2)nc1. The van der Waals surface area contributed by atoms with Gasteiger partial charge in [0.25, 0.3) is 0 Å². The molecule has 94 valence electrons. The van der Waals surface area contributed by atoms with Gasteiger partial charge in [0.2, 0.25) is 0 Å². The molecule has 2 rings (SSSR count). The van der Waals surface area contributed by atoms with Gasteiger partial charge in [0.05, 0.1) is 12.4 Å². The molecular formula is C13H21N3O. The summed E-state index contributed by atoms with van der Waals surface area (Å²) in [4.78, 5) is 8.72. The molecule has 2 heterocycles. The summed E-state index contributed by atoms with van der Waals surface area (Å²) in [6.07, 6.45) is 5.73. The second-order valence-corrected chi connectivity index (χ2v) is 5.61. The Morgan fingerprint density at radius 3 is 2.59 bits per heavy atom. The molecule has 1 unspecified atom stereocenters. The molecule has 0 radical (unpaired) electrons. The first-order valence-corrected chi connectivity index (χ1v) is 6.23. The summed E-state index contributed by atoms with van der Waals surface area (Å²) in [6, 6.07) is 0. The van der Waals surface area contributed by atoms with E-state index in [0.717, 1.165) is 31.1 Å². The lowest BCUT2D eigenvalue weighted by Crippen LogP contribution is -2.23. The minimum absolute atomic E-state index is 0.194. The van der Waals surface area contributed by atoms with Crippen LogP contribution in [0.1, 0.15) is 33.0 Å². The van der Waals surface area contributed by atoms with E-state index in [-0.39, 0.29) is 5.60 Å². The third-order valence-corrected chi connectivity index (χ3v) is 2.74. The summed E-state index contributed by atoms with van der Waals surface area (Å²) < 4.78 is 5.69. The molecule has 1 saturated heterocycles. The highest BCUT2D eigenvalue weighted by Crippen LogP contribution is 2.17. The Labute approximate surface area is 103 Å². The van der Waals surface area contributed by atoms with Gasteiger partial charge in [0.15, 0.2) is 5.75 Å². The predicted octanol–water partition coefficient (Wildman–Crippen LogP) is 1.81. The predicted molar refractivity (Wildman–Crippen MR) is 67.1 cm³/mol. The van der Waals surface area contributed by atoms with E-state index in [1.54, 1.807) is 12.4 Å². The van der Waals surface area contributed by atoms with Crippen molar-refractivity contribution in [3.8, 4) is 5.75 Å². The third kappa shape index (κ3) is 3.97. The number of aromatic nitrogens is 2. The summed E-state index contributed by atoms with van der Waals surface area (Å²) in [5.41, 5.74) is -0.194. The molecule has 1 N–H and O–H groups in total. The molecule has 1 atom stereocenters. The van der Waals surface area contributed by atoms with Gasteiger partial charge in [-0.05, 0) is 46.2 Å². The molecule has 17 heavy (non-hydrogen) atoms. The van der Waals surface area contributed by atoms with Crippen LogP contribution in [0.2, 0.25) is 0 Å². The highest BCUT2D eigenvalue weighted by Gasteiger charge is 2.17. The molecule has 1 aliphatic heterocycles. The summed E-state index contributed by atoms with van der Waals surface area (Å²) in [7, 11) is 0. The third-order valence-electron chi connectivity index (χ3n) is 2.74. The Balaban J connectivity index is 1.93. The van der Waals surface area contributed by atoms with Crippen molar-refractivity contribution in [1.82, 2.24) is 15.3 Å². The van der Waals surface area contributed by atoms with E-state index in [0.29, 0.717) is 5.92 Å². The topological polar surface area (TPSA) is 47.0 Å². The van der Waals surface area contributed by atoms with E-state index in [9.17, 15) is 0 Å². The van der Waals surface area contributed by atoms with Crippen LogP contribution in [0.15, 0.2) is 12.4 Å². The van der Waals surface area contributed by atoms with E-state index in [2.05, 4.69) is 15.3 Å². The van der Waals surface area contributed by atoms with Crippen LogP contribution in [0.3, 0.4) is 0 Å². The Bertz CT molecular complexity index is 350. The van der Waals surface area contributed by atoms with E-state index >= 15 is 0 Å². The smallest absolute Gasteiger partial charge is 0.156 e. The number of nitrogens with one attached hydrogen (secondary N) is 1. The Kier molecular flexibility index (Phi) is 3.62. The van der Waals surface area contributed by atoms with Crippen LogP contribution in [0.4, 0.5) is 0 Å². The zero-order valence-electron chi connectivity index (χ0n) is 10.9. The zero-order valence-corrected chi connectivity index (χ0v) is 10.9. The normalized spacial score (nSPS) is 20.5. The molecule has 0 amide bonds. The number of hydrogen-bond donors (Lipinski definition) is 1. The average Bonchev–Trinajstić information content (AvgIpc) is 2.71. The van der Waals surface area contributed by atoms with Crippen molar-refractivity contribution in [2.45, 2.75) is 39.2 Å². The van der Waals surface area contributed by atoms with Crippen LogP contribution in [-0.2, 0) is 6.42 Å². The van der Waals surface area contributed by atoms with Crippen LogP contribution in [0.25, 0.3) is 0 Å². The van der Waals surface area contributed by atoms with Crippen LogP contribution in [0.5, 0.6) is 5.75 Å². The molecule has 1 aliphatic rings. The first-order valence-electron chi connectivity index (χ1n) is 6.23. The quantitative estimate of drug-likeness (QED) is 0.868. The minimum atomic E-state index is -0.194. The van der Waals surface area contributed by atoms with Crippen molar-refractivity contribution in [2.75, 3.05) is 13.1 Å². The van der Waals surface area contributed by atoms with Crippen LogP contribution in [0, 0.1) is 5.92 Å². The second kappa shape index (κ2) is 5.00. The van der Waals surface area contributed by atoms with Gasteiger partial charge in [-0.2, -0.15) is 0 Å². The van der Waals surface area contributed by atoms with E-state index in [1.807, 2.05) is 20.8 Å². The monoisotopic (exact) mass is 235 g/mol. The largest absolute Gasteiger partial charge is 0.485 e. The van der Waals surface area contributed by atoms with Gasteiger partial charge < -0.3 is 10.1 Å². The number of ether oxygens (including phenoxy) is 1. The standard InChI is InChI=1S/C13H21N3O/c1-13(2,3)17-11-8-15-12(16-9-11)6-10-4-5-14-7-10/h8-10,14H,4-7H2,1-3H3. The Morgan fingerprint density at radius 1 is 1.35 bits per heavy atom.